The van der Waals surface area contributed by atoms with Crippen LogP contribution in [0, 0.1) is 11.8 Å². The lowest BCUT2D eigenvalue weighted by Crippen LogP contribution is -2.41. The predicted molar refractivity (Wildman–Crippen MR) is 103 cm³/mol. The van der Waals surface area contributed by atoms with Gasteiger partial charge in [0.2, 0.25) is 0 Å². The van der Waals surface area contributed by atoms with Gasteiger partial charge in [0, 0.05) is 30.5 Å². The number of fused-ring (bicyclic) bond motifs is 1. The Hall–Kier alpha value is -2.18. The van der Waals surface area contributed by atoms with Gasteiger partial charge in [-0.3, -0.25) is 9.59 Å². The molecule has 2 bridgehead atoms. The number of hydrogen-bond donors (Lipinski definition) is 1. The van der Waals surface area contributed by atoms with E-state index in [1.54, 1.807) is 0 Å². The average molecular weight is 382 g/mol. The number of likely N-dealkylation sites (tertiary alicyclic amines) is 1. The fraction of sp³-hybridized carbons (Fsp3) is 0.429. The third-order valence-electron chi connectivity index (χ3n) is 6.34. The number of amides is 2. The highest BCUT2D eigenvalue weighted by atomic mass is 32.1. The third kappa shape index (κ3) is 2.78. The molecule has 3 fully saturated rings. The SMILES string of the molecule is O=C(NC[C@H]1[C@H]2CN(C(=O)c3cccs3)C[C@]23CC[C@H]1O3)c1ccccc1. The van der Waals surface area contributed by atoms with E-state index in [2.05, 4.69) is 5.32 Å². The highest BCUT2D eigenvalue weighted by Crippen LogP contribution is 2.54. The molecule has 2 aromatic rings. The van der Waals surface area contributed by atoms with E-state index < -0.39 is 0 Å². The van der Waals surface area contributed by atoms with Gasteiger partial charge >= 0.3 is 0 Å². The Kier molecular flexibility index (Phi) is 4.06. The minimum absolute atomic E-state index is 0.0445. The first kappa shape index (κ1) is 17.0. The maximum absolute atomic E-state index is 12.8. The molecule has 3 aliphatic heterocycles. The van der Waals surface area contributed by atoms with Crippen LogP contribution in [0.4, 0.5) is 0 Å². The second-order valence-electron chi connectivity index (χ2n) is 7.77. The van der Waals surface area contributed by atoms with Gasteiger partial charge in [-0.15, -0.1) is 11.3 Å². The van der Waals surface area contributed by atoms with E-state index in [1.165, 1.54) is 11.3 Å². The molecular formula is C21H22N2O3S. The molecule has 6 heteroatoms. The molecule has 140 valence electrons. The van der Waals surface area contributed by atoms with Crippen molar-refractivity contribution in [3.8, 4) is 0 Å². The number of thiophene rings is 1. The molecule has 0 unspecified atom stereocenters. The van der Waals surface area contributed by atoms with Crippen molar-refractivity contribution in [2.45, 2.75) is 24.5 Å². The van der Waals surface area contributed by atoms with E-state index in [0.717, 1.165) is 24.3 Å². The Balaban J connectivity index is 1.28. The molecule has 1 aromatic heterocycles. The molecule has 1 N–H and O–H groups in total. The molecule has 1 spiro atoms. The van der Waals surface area contributed by atoms with E-state index in [-0.39, 0.29) is 29.4 Å². The van der Waals surface area contributed by atoms with Crippen LogP contribution in [0.1, 0.15) is 32.9 Å². The van der Waals surface area contributed by atoms with Crippen molar-refractivity contribution in [2.75, 3.05) is 19.6 Å². The lowest BCUT2D eigenvalue weighted by atomic mass is 9.73. The van der Waals surface area contributed by atoms with Gasteiger partial charge in [0.1, 0.15) is 0 Å². The molecule has 4 atom stereocenters. The molecule has 2 amide bonds. The number of benzene rings is 1. The first-order chi connectivity index (χ1) is 13.2. The second kappa shape index (κ2) is 6.46. The van der Waals surface area contributed by atoms with E-state index >= 15 is 0 Å². The number of ether oxygens (including phenoxy) is 1. The number of rotatable bonds is 4. The van der Waals surface area contributed by atoms with Crippen LogP contribution in [-0.2, 0) is 4.74 Å². The van der Waals surface area contributed by atoms with Crippen molar-refractivity contribution in [3.05, 3.63) is 58.3 Å². The number of nitrogens with zero attached hydrogens (tertiary/aromatic N) is 1. The summed E-state index contributed by atoms with van der Waals surface area (Å²) >= 11 is 1.49. The van der Waals surface area contributed by atoms with Crippen LogP contribution in [-0.4, -0.2) is 48.1 Å². The largest absolute Gasteiger partial charge is 0.369 e. The first-order valence-electron chi connectivity index (χ1n) is 9.50. The summed E-state index contributed by atoms with van der Waals surface area (Å²) in [7, 11) is 0. The van der Waals surface area contributed by atoms with Crippen molar-refractivity contribution < 1.29 is 14.3 Å². The van der Waals surface area contributed by atoms with Gasteiger partial charge in [0.25, 0.3) is 11.8 Å². The standard InChI is InChI=1S/C21H22N2O3S/c24-19(14-5-2-1-3-6-14)22-11-15-16-12-23(20(25)18-7-4-10-27-18)13-21(16)9-8-17(15)26-21/h1-7,10,15-17H,8-9,11-13H2,(H,22,24)/t15-,16+,17+,21+/m0/s1. The highest BCUT2D eigenvalue weighted by molar-refractivity contribution is 7.12. The zero-order chi connectivity index (χ0) is 18.4. The summed E-state index contributed by atoms with van der Waals surface area (Å²) in [6.07, 6.45) is 2.23. The van der Waals surface area contributed by atoms with Gasteiger partial charge in [0.15, 0.2) is 0 Å². The molecule has 1 aromatic carbocycles. The van der Waals surface area contributed by atoms with Crippen LogP contribution < -0.4 is 5.32 Å². The molecular weight excluding hydrogens is 360 g/mol. The van der Waals surface area contributed by atoms with E-state index in [0.29, 0.717) is 24.6 Å². The van der Waals surface area contributed by atoms with Crippen molar-refractivity contribution in [3.63, 3.8) is 0 Å². The van der Waals surface area contributed by atoms with Crippen LogP contribution in [0.15, 0.2) is 47.8 Å². The monoisotopic (exact) mass is 382 g/mol. The molecule has 0 saturated carbocycles. The van der Waals surface area contributed by atoms with Crippen molar-refractivity contribution >= 4 is 23.2 Å². The summed E-state index contributed by atoms with van der Waals surface area (Å²) in [5, 5.41) is 5.02. The number of nitrogens with one attached hydrogen (secondary N) is 1. The lowest BCUT2D eigenvalue weighted by Gasteiger charge is -2.29. The summed E-state index contributed by atoms with van der Waals surface area (Å²) in [5.41, 5.74) is 0.469. The van der Waals surface area contributed by atoms with Gasteiger partial charge in [-0.05, 0) is 36.4 Å². The number of carbonyl (C=O) groups excluding carboxylic acids is 2. The van der Waals surface area contributed by atoms with Crippen LogP contribution in [0.3, 0.4) is 0 Å². The second-order valence-corrected chi connectivity index (χ2v) is 8.72. The topological polar surface area (TPSA) is 58.6 Å². The molecule has 5 rings (SSSR count). The normalized spacial score (nSPS) is 31.1. The van der Waals surface area contributed by atoms with Crippen LogP contribution in [0.2, 0.25) is 0 Å². The Morgan fingerprint density at radius 1 is 1.22 bits per heavy atom. The smallest absolute Gasteiger partial charge is 0.264 e. The van der Waals surface area contributed by atoms with Crippen molar-refractivity contribution in [1.29, 1.82) is 0 Å². The summed E-state index contributed by atoms with van der Waals surface area (Å²) in [4.78, 5) is 27.9. The molecule has 0 aliphatic carbocycles. The molecule has 3 aliphatic rings. The third-order valence-corrected chi connectivity index (χ3v) is 7.20. The Bertz CT molecular complexity index is 854. The molecule has 5 nitrogen and oxygen atoms in total. The summed E-state index contributed by atoms with van der Waals surface area (Å²) in [5.74, 6) is 0.633. The van der Waals surface area contributed by atoms with Crippen molar-refractivity contribution in [2.24, 2.45) is 11.8 Å². The number of hydrogen-bond acceptors (Lipinski definition) is 4. The highest BCUT2D eigenvalue weighted by Gasteiger charge is 2.63. The summed E-state index contributed by atoms with van der Waals surface area (Å²) in [6, 6.07) is 13.1. The van der Waals surface area contributed by atoms with E-state index in [1.807, 2.05) is 52.7 Å². The molecule has 0 radical (unpaired) electrons. The molecule has 27 heavy (non-hydrogen) atoms. The van der Waals surface area contributed by atoms with Gasteiger partial charge in [0.05, 0.1) is 23.1 Å². The Morgan fingerprint density at radius 3 is 2.85 bits per heavy atom. The quantitative estimate of drug-likeness (QED) is 0.885. The Morgan fingerprint density at radius 2 is 2.07 bits per heavy atom. The van der Waals surface area contributed by atoms with Gasteiger partial charge in [-0.25, -0.2) is 0 Å². The van der Waals surface area contributed by atoms with Crippen LogP contribution >= 0.6 is 11.3 Å². The van der Waals surface area contributed by atoms with Gasteiger partial charge < -0.3 is 15.0 Å². The molecule has 4 heterocycles. The average Bonchev–Trinajstić information content (AvgIpc) is 3.47. The zero-order valence-corrected chi connectivity index (χ0v) is 15.8. The summed E-state index contributed by atoms with van der Waals surface area (Å²) < 4.78 is 6.39. The number of carbonyl (C=O) groups is 2. The minimum atomic E-state index is -0.209. The molecule has 3 saturated heterocycles. The van der Waals surface area contributed by atoms with E-state index in [4.69, 9.17) is 4.74 Å². The van der Waals surface area contributed by atoms with Gasteiger partial charge in [-0.1, -0.05) is 24.3 Å². The maximum Gasteiger partial charge on any atom is 0.264 e. The van der Waals surface area contributed by atoms with Crippen LogP contribution in [0.25, 0.3) is 0 Å². The lowest BCUT2D eigenvalue weighted by molar-refractivity contribution is 0.00322. The fourth-order valence-corrected chi connectivity index (χ4v) is 5.77. The Labute approximate surface area is 162 Å². The first-order valence-corrected chi connectivity index (χ1v) is 10.4. The van der Waals surface area contributed by atoms with Crippen LogP contribution in [0.5, 0.6) is 0 Å². The predicted octanol–water partition coefficient (Wildman–Crippen LogP) is 2.80. The summed E-state index contributed by atoms with van der Waals surface area (Å²) in [6.45, 7) is 2.00. The van der Waals surface area contributed by atoms with Crippen molar-refractivity contribution in [1.82, 2.24) is 10.2 Å². The van der Waals surface area contributed by atoms with Gasteiger partial charge in [-0.2, -0.15) is 0 Å². The maximum atomic E-state index is 12.8. The zero-order valence-electron chi connectivity index (χ0n) is 15.0. The minimum Gasteiger partial charge on any atom is -0.369 e. The fourth-order valence-electron chi connectivity index (χ4n) is 5.08. The van der Waals surface area contributed by atoms with E-state index in [9.17, 15) is 9.59 Å².